The number of fused-ring (bicyclic) bond motifs is 3. The van der Waals surface area contributed by atoms with Crippen LogP contribution in [0.1, 0.15) is 61.5 Å². The van der Waals surface area contributed by atoms with Gasteiger partial charge in [-0.25, -0.2) is 4.98 Å². The fourth-order valence-electron chi connectivity index (χ4n) is 6.20. The van der Waals surface area contributed by atoms with Crippen LogP contribution in [-0.2, 0) is 4.79 Å². The molecule has 2 fully saturated rings. The summed E-state index contributed by atoms with van der Waals surface area (Å²) in [7, 11) is 0. The lowest BCUT2D eigenvalue weighted by atomic mass is 9.85. The number of pyridine rings is 1. The molecule has 2 saturated heterocycles. The molecule has 194 valence electrons. The number of aliphatic hydroxyl groups is 1. The van der Waals surface area contributed by atoms with E-state index in [9.17, 15) is 14.7 Å². The van der Waals surface area contributed by atoms with Crippen LogP contribution in [0.2, 0.25) is 0 Å². The molecule has 4 atom stereocenters. The number of aromatic nitrogens is 4. The van der Waals surface area contributed by atoms with E-state index in [0.717, 1.165) is 35.2 Å². The maximum Gasteiger partial charge on any atom is 0.251 e. The third-order valence-corrected chi connectivity index (χ3v) is 7.94. The van der Waals surface area contributed by atoms with Crippen LogP contribution in [0.5, 0.6) is 0 Å². The van der Waals surface area contributed by atoms with E-state index in [1.165, 1.54) is 18.4 Å². The number of piperidine rings is 1. The summed E-state index contributed by atoms with van der Waals surface area (Å²) in [4.78, 5) is 37.0. The standard InChI is InChI=1S/C29H30N6O3/c1-16(36)25-26(20-12-21-9-10-22(13-20)34(21)29(38)17(2)37)33-28-23(15-32-35(28)27(25)30)19-8-11-24(31-14-19)18-6-4-3-5-7-18/h3-8,11,14-15,17,20-22,37H,9-10,12-13,30H2,1-2H3/t17?,20?,21-,22+. The molecule has 3 aromatic heterocycles. The number of amides is 1. The summed E-state index contributed by atoms with van der Waals surface area (Å²) in [5, 5.41) is 14.4. The monoisotopic (exact) mass is 510 g/mol. The van der Waals surface area contributed by atoms with Gasteiger partial charge in [0, 0.05) is 40.9 Å². The highest BCUT2D eigenvalue weighted by Crippen LogP contribution is 2.44. The molecule has 3 N–H and O–H groups in total. The Balaban J connectivity index is 1.40. The van der Waals surface area contributed by atoms with Crippen LogP contribution in [0.25, 0.3) is 28.0 Å². The van der Waals surface area contributed by atoms with E-state index in [1.807, 2.05) is 47.4 Å². The van der Waals surface area contributed by atoms with Crippen LogP contribution in [0.4, 0.5) is 5.82 Å². The number of ketones is 1. The summed E-state index contributed by atoms with van der Waals surface area (Å²) >= 11 is 0. The molecule has 9 nitrogen and oxygen atoms in total. The highest BCUT2D eigenvalue weighted by Gasteiger charge is 2.45. The molecule has 9 heteroatoms. The topological polar surface area (TPSA) is 127 Å². The van der Waals surface area contributed by atoms with Crippen LogP contribution in [-0.4, -0.2) is 59.5 Å². The van der Waals surface area contributed by atoms with E-state index >= 15 is 0 Å². The molecular weight excluding hydrogens is 480 g/mol. The molecule has 1 aromatic carbocycles. The number of hydrogen-bond donors (Lipinski definition) is 2. The summed E-state index contributed by atoms with van der Waals surface area (Å²) in [5.41, 5.74) is 11.7. The Kier molecular flexibility index (Phi) is 5.95. The number of anilines is 1. The quantitative estimate of drug-likeness (QED) is 0.390. The lowest BCUT2D eigenvalue weighted by Gasteiger charge is -2.39. The molecule has 0 saturated carbocycles. The van der Waals surface area contributed by atoms with Gasteiger partial charge in [-0.15, -0.1) is 0 Å². The minimum absolute atomic E-state index is 0.0130. The summed E-state index contributed by atoms with van der Waals surface area (Å²) in [6.07, 6.45) is 5.59. The van der Waals surface area contributed by atoms with Gasteiger partial charge < -0.3 is 15.7 Å². The van der Waals surface area contributed by atoms with Gasteiger partial charge in [0.15, 0.2) is 11.4 Å². The molecule has 1 amide bonds. The smallest absolute Gasteiger partial charge is 0.251 e. The molecule has 0 aliphatic carbocycles. The molecule has 2 aliphatic rings. The first-order valence-corrected chi connectivity index (χ1v) is 13.0. The first kappa shape index (κ1) is 24.2. The Bertz CT molecular complexity index is 1520. The zero-order chi connectivity index (χ0) is 26.6. The van der Waals surface area contributed by atoms with Crippen molar-refractivity contribution in [1.29, 1.82) is 0 Å². The van der Waals surface area contributed by atoms with Gasteiger partial charge in [-0.2, -0.15) is 9.61 Å². The number of carbonyl (C=O) groups excluding carboxylic acids is 2. The summed E-state index contributed by atoms with van der Waals surface area (Å²) in [5.74, 6) is -0.145. The van der Waals surface area contributed by atoms with Crippen molar-refractivity contribution < 1.29 is 14.7 Å². The van der Waals surface area contributed by atoms with Gasteiger partial charge in [-0.3, -0.25) is 14.6 Å². The normalized spacial score (nSPS) is 21.6. The Morgan fingerprint density at radius 1 is 1.03 bits per heavy atom. The lowest BCUT2D eigenvalue weighted by Crippen LogP contribution is -2.49. The highest BCUT2D eigenvalue weighted by molar-refractivity contribution is 6.00. The van der Waals surface area contributed by atoms with Gasteiger partial charge in [0.1, 0.15) is 11.9 Å². The maximum absolute atomic E-state index is 12.8. The molecule has 5 heterocycles. The fourth-order valence-corrected chi connectivity index (χ4v) is 6.20. The predicted octanol–water partition coefficient (Wildman–Crippen LogP) is 3.86. The number of nitrogens with zero attached hydrogens (tertiary/aromatic N) is 5. The lowest BCUT2D eigenvalue weighted by molar-refractivity contribution is -0.144. The predicted molar refractivity (Wildman–Crippen MR) is 143 cm³/mol. The van der Waals surface area contributed by atoms with Gasteiger partial charge in [-0.05, 0) is 45.6 Å². The number of Topliss-reactive ketones (excluding diaryl/α,β-unsaturated/α-hetero) is 1. The van der Waals surface area contributed by atoms with Crippen molar-refractivity contribution in [1.82, 2.24) is 24.5 Å². The summed E-state index contributed by atoms with van der Waals surface area (Å²) in [6.45, 7) is 3.01. The van der Waals surface area contributed by atoms with Crippen molar-refractivity contribution in [2.75, 3.05) is 5.73 Å². The number of nitrogens with two attached hydrogens (primary N) is 1. The van der Waals surface area contributed by atoms with Gasteiger partial charge in [0.25, 0.3) is 5.91 Å². The molecule has 2 aliphatic heterocycles. The molecule has 4 aromatic rings. The Morgan fingerprint density at radius 3 is 2.34 bits per heavy atom. The maximum atomic E-state index is 12.8. The van der Waals surface area contributed by atoms with Crippen molar-refractivity contribution in [3.8, 4) is 22.4 Å². The van der Waals surface area contributed by atoms with Gasteiger partial charge in [-0.1, -0.05) is 36.4 Å². The molecule has 0 spiro atoms. The van der Waals surface area contributed by atoms with Gasteiger partial charge >= 0.3 is 0 Å². The molecule has 6 rings (SSSR count). The van der Waals surface area contributed by atoms with Crippen molar-refractivity contribution in [3.63, 3.8) is 0 Å². The number of nitrogen functional groups attached to an aromatic ring is 1. The second-order valence-corrected chi connectivity index (χ2v) is 10.4. The molecule has 2 unspecified atom stereocenters. The van der Waals surface area contributed by atoms with Crippen LogP contribution < -0.4 is 5.73 Å². The van der Waals surface area contributed by atoms with Crippen LogP contribution in [0.3, 0.4) is 0 Å². The first-order chi connectivity index (χ1) is 18.3. The SMILES string of the molecule is CC(=O)c1c(C2C[C@H]3CC[C@@H](C2)N3C(=O)C(C)O)nc2c(-c3ccc(-c4ccccc4)nc3)cnn2c1N. The van der Waals surface area contributed by atoms with E-state index in [0.29, 0.717) is 29.7 Å². The van der Waals surface area contributed by atoms with E-state index in [4.69, 9.17) is 10.7 Å². The third-order valence-electron chi connectivity index (χ3n) is 7.94. The van der Waals surface area contributed by atoms with E-state index in [1.54, 1.807) is 12.4 Å². The summed E-state index contributed by atoms with van der Waals surface area (Å²) < 4.78 is 1.53. The first-order valence-electron chi connectivity index (χ1n) is 13.0. The highest BCUT2D eigenvalue weighted by atomic mass is 16.3. The van der Waals surface area contributed by atoms with Gasteiger partial charge in [0.05, 0.1) is 23.1 Å². The minimum Gasteiger partial charge on any atom is -0.384 e. The average molecular weight is 511 g/mol. The Labute approximate surface area is 220 Å². The van der Waals surface area contributed by atoms with Crippen molar-refractivity contribution in [2.24, 2.45) is 0 Å². The fraction of sp³-hybridized carbons (Fsp3) is 0.345. The second kappa shape index (κ2) is 9.33. The Hall–Kier alpha value is -4.11. The minimum atomic E-state index is -1.02. The Morgan fingerprint density at radius 2 is 1.74 bits per heavy atom. The van der Waals surface area contributed by atoms with Crippen molar-refractivity contribution in [2.45, 2.75) is 63.6 Å². The van der Waals surface area contributed by atoms with Crippen LogP contribution in [0, 0.1) is 0 Å². The molecule has 0 radical (unpaired) electrons. The third kappa shape index (κ3) is 3.94. The second-order valence-electron chi connectivity index (χ2n) is 10.4. The van der Waals surface area contributed by atoms with Crippen LogP contribution >= 0.6 is 0 Å². The largest absolute Gasteiger partial charge is 0.384 e. The number of carbonyl (C=O) groups is 2. The van der Waals surface area contributed by atoms with Crippen LogP contribution in [0.15, 0.2) is 54.9 Å². The van der Waals surface area contributed by atoms with Gasteiger partial charge in [0.2, 0.25) is 0 Å². The summed E-state index contributed by atoms with van der Waals surface area (Å²) in [6, 6.07) is 13.9. The molecular formula is C29H30N6O3. The molecule has 2 bridgehead atoms. The number of benzene rings is 1. The number of rotatable bonds is 5. The number of aliphatic hydroxyl groups excluding tert-OH is 1. The van der Waals surface area contributed by atoms with E-state index in [-0.39, 0.29) is 35.5 Å². The number of hydrogen-bond acceptors (Lipinski definition) is 7. The van der Waals surface area contributed by atoms with Crippen molar-refractivity contribution in [3.05, 3.63) is 66.1 Å². The zero-order valence-electron chi connectivity index (χ0n) is 21.4. The van der Waals surface area contributed by atoms with Crippen molar-refractivity contribution >= 4 is 23.2 Å². The van der Waals surface area contributed by atoms with E-state index in [2.05, 4.69) is 10.1 Å². The average Bonchev–Trinajstić information content (AvgIpc) is 3.46. The molecule has 38 heavy (non-hydrogen) atoms. The van der Waals surface area contributed by atoms with E-state index < -0.39 is 6.10 Å². The zero-order valence-corrected chi connectivity index (χ0v) is 21.4.